The second-order valence-corrected chi connectivity index (χ2v) is 19.0. The van der Waals surface area contributed by atoms with Crippen LogP contribution in [0.25, 0.3) is 5.57 Å². The molecule has 3 aromatic rings. The van der Waals surface area contributed by atoms with E-state index in [1.807, 2.05) is 31.2 Å². The number of nitrogens with zero attached hydrogens (tertiary/aromatic N) is 2. The molecular weight excluding hydrogens is 759 g/mol. The summed E-state index contributed by atoms with van der Waals surface area (Å²) in [6, 6.07) is 25.2. The number of hydrogen-bond acceptors (Lipinski definition) is 8. The molecule has 2 aliphatic rings. The van der Waals surface area contributed by atoms with Crippen molar-refractivity contribution in [3.63, 3.8) is 0 Å². The second-order valence-electron chi connectivity index (χ2n) is 15.9. The summed E-state index contributed by atoms with van der Waals surface area (Å²) in [6.07, 6.45) is 11.4. The van der Waals surface area contributed by atoms with Gasteiger partial charge in [0.05, 0.1) is 21.3 Å². The van der Waals surface area contributed by atoms with Crippen molar-refractivity contribution in [1.29, 1.82) is 0 Å². The van der Waals surface area contributed by atoms with Crippen LogP contribution in [0.15, 0.2) is 103 Å². The molecule has 12 heteroatoms. The van der Waals surface area contributed by atoms with Crippen molar-refractivity contribution in [3.05, 3.63) is 125 Å². The van der Waals surface area contributed by atoms with Crippen molar-refractivity contribution < 1.29 is 35.3 Å². The maximum Gasteiger partial charge on any atom is 0.264 e. The number of anilines is 1. The Morgan fingerprint density at radius 2 is 1.54 bits per heavy atom. The number of unbranched alkanes of at least 4 members (excludes halogenated alkanes) is 2. The van der Waals surface area contributed by atoms with E-state index >= 15 is 0 Å². The van der Waals surface area contributed by atoms with Gasteiger partial charge in [-0.25, -0.2) is 8.42 Å². The molecule has 5 rings (SSSR count). The Labute approximate surface area is 340 Å². The van der Waals surface area contributed by atoms with Crippen LogP contribution in [-0.4, -0.2) is 80.6 Å². The van der Waals surface area contributed by atoms with Gasteiger partial charge in [0.1, 0.15) is 6.54 Å². The molecule has 10 nitrogen and oxygen atoms in total. The standard InChI is InChI=1S/C45H59N3O7S2/c1-6-55-31-15-28-46-34-35-20-22-36(23-21-35)37(24-26-42-44(2,3)38-16-7-9-18-40(38)47(42)29-11-13-32-56(49,50)51)25-27-43-45(4,5)39-17-8-10-19-41(39)48(43)30-12-14-33-57(52,53)54/h7-10,16-27,46H,6,11-15,28-34H2,1-5H3,(H-,49,50,51,52,53,54). The first-order chi connectivity index (χ1) is 27.0. The van der Waals surface area contributed by atoms with Crippen LogP contribution < -0.4 is 10.2 Å². The van der Waals surface area contributed by atoms with E-state index in [4.69, 9.17) is 4.74 Å². The molecule has 3 aromatic carbocycles. The van der Waals surface area contributed by atoms with E-state index in [-0.39, 0.29) is 22.3 Å². The highest BCUT2D eigenvalue weighted by Crippen LogP contribution is 2.48. The lowest BCUT2D eigenvalue weighted by atomic mass is 9.81. The van der Waals surface area contributed by atoms with Gasteiger partial charge in [-0.05, 0) is 93.5 Å². The van der Waals surface area contributed by atoms with Crippen molar-refractivity contribution in [3.8, 4) is 0 Å². The minimum absolute atomic E-state index is 0.271. The third kappa shape index (κ3) is 11.6. The Bertz CT molecular complexity index is 2200. The van der Waals surface area contributed by atoms with Crippen LogP contribution in [0.1, 0.15) is 89.0 Å². The highest BCUT2D eigenvalue weighted by molar-refractivity contribution is 7.85. The Kier molecular flexibility index (Phi) is 14.9. The number of allylic oxidation sites excluding steroid dienone is 6. The third-order valence-electron chi connectivity index (χ3n) is 11.0. The molecule has 0 spiro atoms. The maximum absolute atomic E-state index is 11.5. The lowest BCUT2D eigenvalue weighted by Crippen LogP contribution is -2.28. The van der Waals surface area contributed by atoms with Gasteiger partial charge in [0.25, 0.3) is 10.1 Å². The Hall–Kier alpha value is -3.91. The first-order valence-electron chi connectivity index (χ1n) is 20.0. The van der Waals surface area contributed by atoms with Crippen molar-refractivity contribution >= 4 is 42.9 Å². The van der Waals surface area contributed by atoms with E-state index < -0.39 is 20.2 Å². The molecular formula is C45H59N3O7S2. The van der Waals surface area contributed by atoms with Crippen LogP contribution in [-0.2, 0) is 42.3 Å². The van der Waals surface area contributed by atoms with Crippen LogP contribution in [0.2, 0.25) is 0 Å². The van der Waals surface area contributed by atoms with Gasteiger partial charge in [0.15, 0.2) is 5.71 Å². The van der Waals surface area contributed by atoms with E-state index in [0.717, 1.165) is 66.6 Å². The van der Waals surface area contributed by atoms with E-state index in [9.17, 15) is 25.9 Å². The third-order valence-corrected chi connectivity index (χ3v) is 12.6. The molecule has 0 aliphatic carbocycles. The average Bonchev–Trinajstić information content (AvgIpc) is 3.51. The summed E-state index contributed by atoms with van der Waals surface area (Å²) < 4.78 is 74.1. The van der Waals surface area contributed by atoms with Crippen molar-refractivity contribution in [1.82, 2.24) is 5.32 Å². The monoisotopic (exact) mass is 817 g/mol. The second kappa shape index (κ2) is 19.2. The summed E-state index contributed by atoms with van der Waals surface area (Å²) in [7, 11) is -8.33. The Balaban J connectivity index is 1.53. The molecule has 0 bridgehead atoms. The fourth-order valence-electron chi connectivity index (χ4n) is 7.94. The molecule has 2 aliphatic heterocycles. The smallest absolute Gasteiger partial charge is 0.264 e. The van der Waals surface area contributed by atoms with Crippen molar-refractivity contribution in [2.24, 2.45) is 0 Å². The SMILES string of the molecule is CCOCCCNCc1ccc(C(=C\C=C2\N(CCCCS(=O)(=O)O)c3ccccc3C2(C)C)/C=C/C2=[N+](CCCCS(=O)(=O)[O-])c3ccccc3C2(C)C)cc1. The number of benzene rings is 3. The van der Waals surface area contributed by atoms with Gasteiger partial charge in [0, 0.05) is 73.0 Å². The van der Waals surface area contributed by atoms with Crippen LogP contribution >= 0.6 is 0 Å². The largest absolute Gasteiger partial charge is 0.748 e. The summed E-state index contributed by atoms with van der Waals surface area (Å²) in [6.45, 7) is 15.1. The van der Waals surface area contributed by atoms with Crippen molar-refractivity contribution in [2.45, 2.75) is 84.1 Å². The molecule has 0 aromatic heterocycles. The maximum atomic E-state index is 11.5. The van der Waals surface area contributed by atoms with Gasteiger partial charge >= 0.3 is 0 Å². The molecule has 0 saturated heterocycles. The molecule has 0 amide bonds. The van der Waals surface area contributed by atoms with Crippen LogP contribution in [0.3, 0.4) is 0 Å². The summed E-state index contributed by atoms with van der Waals surface area (Å²) >= 11 is 0. The molecule has 2 heterocycles. The number of nitrogens with one attached hydrogen (secondary N) is 1. The van der Waals surface area contributed by atoms with Crippen LogP contribution in [0, 0.1) is 0 Å². The van der Waals surface area contributed by atoms with E-state index in [1.165, 1.54) is 16.7 Å². The predicted octanol–water partition coefficient (Wildman–Crippen LogP) is 7.89. The summed E-state index contributed by atoms with van der Waals surface area (Å²) in [4.78, 5) is 2.27. The summed E-state index contributed by atoms with van der Waals surface area (Å²) in [5.74, 6) is -0.651. The zero-order chi connectivity index (χ0) is 41.3. The van der Waals surface area contributed by atoms with Crippen LogP contribution in [0.4, 0.5) is 11.4 Å². The van der Waals surface area contributed by atoms with Gasteiger partial charge in [-0.15, -0.1) is 0 Å². The topological polar surface area (TPSA) is 139 Å². The highest BCUT2D eigenvalue weighted by Gasteiger charge is 2.44. The number of ether oxygens (including phenoxy) is 1. The van der Waals surface area contributed by atoms with Crippen LogP contribution in [0.5, 0.6) is 0 Å². The Morgan fingerprint density at radius 3 is 2.25 bits per heavy atom. The first-order valence-corrected chi connectivity index (χ1v) is 23.2. The Morgan fingerprint density at radius 1 is 0.860 bits per heavy atom. The number of para-hydroxylation sites is 2. The predicted molar refractivity (Wildman–Crippen MR) is 230 cm³/mol. The average molecular weight is 818 g/mol. The summed E-state index contributed by atoms with van der Waals surface area (Å²) in [5.41, 5.74) is 9.24. The zero-order valence-corrected chi connectivity index (χ0v) is 35.7. The lowest BCUT2D eigenvalue weighted by molar-refractivity contribution is -0.438. The minimum Gasteiger partial charge on any atom is -0.748 e. The van der Waals surface area contributed by atoms with Gasteiger partial charge in [-0.3, -0.25) is 4.55 Å². The highest BCUT2D eigenvalue weighted by atomic mass is 32.2. The van der Waals surface area contributed by atoms with Crippen molar-refractivity contribution in [2.75, 3.05) is 49.3 Å². The minimum atomic E-state index is -4.29. The normalized spacial score (nSPS) is 17.2. The quantitative estimate of drug-likeness (QED) is 0.0476. The molecule has 308 valence electrons. The molecule has 0 radical (unpaired) electrons. The number of hydrogen-bond donors (Lipinski definition) is 2. The van der Waals surface area contributed by atoms with Gasteiger partial charge in [0.2, 0.25) is 5.69 Å². The molecule has 57 heavy (non-hydrogen) atoms. The molecule has 0 fully saturated rings. The van der Waals surface area contributed by atoms with E-state index in [1.54, 1.807) is 0 Å². The number of rotatable bonds is 21. The summed E-state index contributed by atoms with van der Waals surface area (Å²) in [5, 5.41) is 3.51. The zero-order valence-electron chi connectivity index (χ0n) is 34.0. The van der Waals surface area contributed by atoms with Gasteiger partial charge < -0.3 is 19.5 Å². The van der Waals surface area contributed by atoms with E-state index in [0.29, 0.717) is 38.8 Å². The molecule has 0 unspecified atom stereocenters. The number of fused-ring (bicyclic) bond motifs is 2. The lowest BCUT2D eigenvalue weighted by Gasteiger charge is -2.27. The molecule has 2 N–H and O–H groups in total. The fourth-order valence-corrected chi connectivity index (χ4v) is 9.07. The van der Waals surface area contributed by atoms with E-state index in [2.05, 4.69) is 115 Å². The first kappa shape index (κ1) is 44.2. The van der Waals surface area contributed by atoms with Gasteiger partial charge in [-0.1, -0.05) is 80.6 Å². The fraction of sp³-hybridized carbons (Fsp3) is 0.444. The molecule has 0 saturated carbocycles. The van der Waals surface area contributed by atoms with Gasteiger partial charge in [-0.2, -0.15) is 13.0 Å². The molecule has 0 atom stereocenters.